The van der Waals surface area contributed by atoms with Gasteiger partial charge >= 0.3 is 0 Å². The predicted molar refractivity (Wildman–Crippen MR) is 104 cm³/mol. The molecule has 6 nitrogen and oxygen atoms in total. The fourth-order valence-electron chi connectivity index (χ4n) is 4.14. The van der Waals surface area contributed by atoms with E-state index in [0.29, 0.717) is 6.04 Å². The molecule has 1 aliphatic rings. The minimum atomic E-state index is 0.345. The fraction of sp³-hybridized carbons (Fsp3) is 0.333. The van der Waals surface area contributed by atoms with Gasteiger partial charge in [0.2, 0.25) is 0 Å². The van der Waals surface area contributed by atoms with E-state index in [1.807, 2.05) is 36.8 Å². The monoisotopic (exact) mass is 361 g/mol. The predicted octanol–water partition coefficient (Wildman–Crippen LogP) is 4.28. The number of likely N-dealkylation sites (tertiary alicyclic amines) is 1. The molecule has 0 unspecified atom stereocenters. The number of aromatic amines is 1. The van der Waals surface area contributed by atoms with Crippen molar-refractivity contribution < 1.29 is 4.42 Å². The van der Waals surface area contributed by atoms with Crippen LogP contribution >= 0.6 is 0 Å². The molecule has 1 N–H and O–H groups in total. The Morgan fingerprint density at radius 1 is 1.26 bits per heavy atom. The third kappa shape index (κ3) is 2.96. The molecule has 0 amide bonds. The number of nitrogens with one attached hydrogen (secondary N) is 1. The van der Waals surface area contributed by atoms with Crippen LogP contribution in [0.2, 0.25) is 0 Å². The molecule has 0 bridgehead atoms. The van der Waals surface area contributed by atoms with Gasteiger partial charge in [0.15, 0.2) is 5.76 Å². The van der Waals surface area contributed by atoms with Crippen LogP contribution in [-0.4, -0.2) is 31.2 Å². The maximum atomic E-state index is 6.05. The smallest absolute Gasteiger partial charge is 0.153 e. The van der Waals surface area contributed by atoms with Gasteiger partial charge in [0.1, 0.15) is 17.1 Å². The molecule has 27 heavy (non-hydrogen) atoms. The van der Waals surface area contributed by atoms with Crippen molar-refractivity contribution in [3.63, 3.8) is 0 Å². The Labute approximate surface area is 157 Å². The minimum Gasteiger partial charge on any atom is -0.454 e. The number of nitrogens with zero attached hydrogens (tertiary/aromatic N) is 4. The van der Waals surface area contributed by atoms with Crippen molar-refractivity contribution in [3.05, 3.63) is 60.3 Å². The average molecular weight is 361 g/mol. The highest BCUT2D eigenvalue weighted by molar-refractivity contribution is 5.82. The van der Waals surface area contributed by atoms with Crippen LogP contribution in [0.3, 0.4) is 0 Å². The van der Waals surface area contributed by atoms with Crippen LogP contribution in [0.1, 0.15) is 36.7 Å². The van der Waals surface area contributed by atoms with Gasteiger partial charge in [-0.25, -0.2) is 4.98 Å². The molecule has 0 spiro atoms. The number of benzene rings is 1. The largest absolute Gasteiger partial charge is 0.454 e. The average Bonchev–Trinajstić information content (AvgIpc) is 3.41. The van der Waals surface area contributed by atoms with Gasteiger partial charge in [-0.3, -0.25) is 10.00 Å². The van der Waals surface area contributed by atoms with E-state index < -0.39 is 0 Å². The summed E-state index contributed by atoms with van der Waals surface area (Å²) in [5, 5.41) is 8.56. The number of aromatic nitrogens is 4. The van der Waals surface area contributed by atoms with Crippen LogP contribution in [0.25, 0.3) is 22.4 Å². The van der Waals surface area contributed by atoms with E-state index in [4.69, 9.17) is 4.42 Å². The highest BCUT2D eigenvalue weighted by Gasteiger charge is 2.28. The van der Waals surface area contributed by atoms with E-state index in [9.17, 15) is 0 Å². The molecule has 1 fully saturated rings. The van der Waals surface area contributed by atoms with E-state index in [-0.39, 0.29) is 0 Å². The van der Waals surface area contributed by atoms with E-state index in [1.165, 1.54) is 12.8 Å². The molecule has 3 aromatic heterocycles. The number of hydrogen-bond acceptors (Lipinski definition) is 4. The van der Waals surface area contributed by atoms with E-state index in [1.54, 1.807) is 0 Å². The van der Waals surface area contributed by atoms with Gasteiger partial charge in [-0.05, 0) is 31.5 Å². The molecule has 0 radical (unpaired) electrons. The summed E-state index contributed by atoms with van der Waals surface area (Å²) >= 11 is 0. The van der Waals surface area contributed by atoms with E-state index in [0.717, 1.165) is 53.3 Å². The highest BCUT2D eigenvalue weighted by atomic mass is 16.3. The molecule has 5 rings (SSSR count). The SMILES string of the molecule is Cn1ccnc1[C@H]1CCCCN1Cc1cn[nH]c1-c1cc2ccccc2o1. The molecule has 1 aliphatic heterocycles. The van der Waals surface area contributed by atoms with Crippen LogP contribution in [-0.2, 0) is 13.6 Å². The second kappa shape index (κ2) is 6.70. The zero-order valence-corrected chi connectivity index (χ0v) is 15.4. The number of para-hydroxylation sites is 1. The van der Waals surface area contributed by atoms with Gasteiger partial charge in [-0.1, -0.05) is 24.6 Å². The Morgan fingerprint density at radius 2 is 2.19 bits per heavy atom. The summed E-state index contributed by atoms with van der Waals surface area (Å²) in [5.74, 6) is 1.98. The summed E-state index contributed by atoms with van der Waals surface area (Å²) in [5.41, 5.74) is 3.03. The number of piperidine rings is 1. The number of furan rings is 1. The summed E-state index contributed by atoms with van der Waals surface area (Å²) in [6, 6.07) is 10.5. The third-order valence-electron chi connectivity index (χ3n) is 5.53. The molecule has 1 atom stereocenters. The summed E-state index contributed by atoms with van der Waals surface area (Å²) in [6.45, 7) is 1.91. The standard InChI is InChI=1S/C21H23N5O/c1-25-11-9-22-21(25)17-7-4-5-10-26(17)14-16-13-23-24-20(16)19-12-15-6-2-3-8-18(15)27-19/h2-3,6,8-9,11-13,17H,4-5,7,10,14H2,1H3,(H,23,24)/t17-/m1/s1. The fourth-order valence-corrected chi connectivity index (χ4v) is 4.14. The van der Waals surface area contributed by atoms with Gasteiger partial charge < -0.3 is 8.98 Å². The molecule has 0 saturated carbocycles. The molecule has 1 saturated heterocycles. The maximum Gasteiger partial charge on any atom is 0.153 e. The second-order valence-electron chi connectivity index (χ2n) is 7.30. The minimum absolute atomic E-state index is 0.345. The van der Waals surface area contributed by atoms with E-state index >= 15 is 0 Å². The van der Waals surface area contributed by atoms with Crippen LogP contribution in [0.5, 0.6) is 0 Å². The number of rotatable bonds is 4. The van der Waals surface area contributed by atoms with Crippen molar-refractivity contribution in [1.82, 2.24) is 24.6 Å². The molecule has 4 aromatic rings. The van der Waals surface area contributed by atoms with Crippen molar-refractivity contribution >= 4 is 11.0 Å². The molecule has 4 heterocycles. The van der Waals surface area contributed by atoms with Gasteiger partial charge in [0, 0.05) is 36.9 Å². The normalized spacial score (nSPS) is 18.3. The van der Waals surface area contributed by atoms with Gasteiger partial charge in [-0.15, -0.1) is 0 Å². The molecule has 1 aromatic carbocycles. The lowest BCUT2D eigenvalue weighted by molar-refractivity contribution is 0.132. The molecular weight excluding hydrogens is 338 g/mol. The Hall–Kier alpha value is -2.86. The number of fused-ring (bicyclic) bond motifs is 1. The van der Waals surface area contributed by atoms with Crippen LogP contribution in [0.15, 0.2) is 53.3 Å². The maximum absolute atomic E-state index is 6.05. The Kier molecular flexibility index (Phi) is 4.05. The summed E-state index contributed by atoms with van der Waals surface area (Å²) in [4.78, 5) is 7.12. The Balaban J connectivity index is 1.45. The third-order valence-corrected chi connectivity index (χ3v) is 5.53. The zero-order valence-electron chi connectivity index (χ0n) is 15.4. The number of aryl methyl sites for hydroxylation is 1. The van der Waals surface area contributed by atoms with Crippen molar-refractivity contribution in [1.29, 1.82) is 0 Å². The first-order valence-electron chi connectivity index (χ1n) is 9.52. The molecule has 138 valence electrons. The first kappa shape index (κ1) is 16.3. The van der Waals surface area contributed by atoms with Gasteiger partial charge in [-0.2, -0.15) is 5.10 Å². The first-order valence-corrected chi connectivity index (χ1v) is 9.52. The Bertz CT molecular complexity index is 1030. The lowest BCUT2D eigenvalue weighted by Crippen LogP contribution is -2.34. The molecule has 0 aliphatic carbocycles. The topological polar surface area (TPSA) is 62.9 Å². The molecule has 6 heteroatoms. The van der Waals surface area contributed by atoms with Gasteiger partial charge in [0.25, 0.3) is 0 Å². The van der Waals surface area contributed by atoms with E-state index in [2.05, 4.69) is 43.8 Å². The van der Waals surface area contributed by atoms with Crippen LogP contribution in [0, 0.1) is 0 Å². The van der Waals surface area contributed by atoms with Crippen molar-refractivity contribution in [3.8, 4) is 11.5 Å². The Morgan fingerprint density at radius 3 is 3.04 bits per heavy atom. The van der Waals surface area contributed by atoms with Crippen LogP contribution in [0.4, 0.5) is 0 Å². The second-order valence-corrected chi connectivity index (χ2v) is 7.30. The summed E-state index contributed by atoms with van der Waals surface area (Å²) in [7, 11) is 2.08. The van der Waals surface area contributed by atoms with Crippen molar-refractivity contribution in [2.45, 2.75) is 31.8 Å². The number of H-pyrrole nitrogens is 1. The first-order chi connectivity index (χ1) is 13.3. The number of hydrogen-bond donors (Lipinski definition) is 1. The van der Waals surface area contributed by atoms with Crippen molar-refractivity contribution in [2.24, 2.45) is 7.05 Å². The molecular formula is C21H23N5O. The zero-order chi connectivity index (χ0) is 18.2. The lowest BCUT2D eigenvalue weighted by atomic mass is 10.0. The summed E-state index contributed by atoms with van der Waals surface area (Å²) < 4.78 is 8.19. The highest BCUT2D eigenvalue weighted by Crippen LogP contribution is 2.34. The number of imidazole rings is 1. The lowest BCUT2D eigenvalue weighted by Gasteiger charge is -2.35. The van der Waals surface area contributed by atoms with Crippen molar-refractivity contribution in [2.75, 3.05) is 6.54 Å². The summed E-state index contributed by atoms with van der Waals surface area (Å²) in [6.07, 6.45) is 9.45. The quantitative estimate of drug-likeness (QED) is 0.589. The van der Waals surface area contributed by atoms with Crippen LogP contribution < -0.4 is 0 Å². The van der Waals surface area contributed by atoms with Gasteiger partial charge in [0.05, 0.1) is 12.2 Å².